The lowest BCUT2D eigenvalue weighted by molar-refractivity contribution is -0.139. The molecule has 0 bridgehead atoms. The lowest BCUT2D eigenvalue weighted by atomic mass is 9.92. The van der Waals surface area contributed by atoms with Crippen molar-refractivity contribution in [1.82, 2.24) is 5.32 Å². The van der Waals surface area contributed by atoms with Crippen molar-refractivity contribution in [3.8, 4) is 0 Å². The molecule has 0 radical (unpaired) electrons. The van der Waals surface area contributed by atoms with Crippen LogP contribution in [-0.2, 0) is 9.53 Å². The largest absolute Gasteiger partial charge is 0.481 e. The number of nitrogens with one attached hydrogen (secondary N) is 1. The number of hydrogen-bond acceptors (Lipinski definition) is 3. The van der Waals surface area contributed by atoms with E-state index in [0.29, 0.717) is 6.61 Å². The first-order valence-corrected chi connectivity index (χ1v) is 5.06. The van der Waals surface area contributed by atoms with Gasteiger partial charge in [-0.1, -0.05) is 13.8 Å². The highest BCUT2D eigenvalue weighted by atomic mass is 16.5. The average Bonchev–Trinajstić information content (AvgIpc) is 2.14. The summed E-state index contributed by atoms with van der Waals surface area (Å²) in [4.78, 5) is 10.7. The Morgan fingerprint density at radius 1 is 1.50 bits per heavy atom. The van der Waals surface area contributed by atoms with Crippen LogP contribution in [0.2, 0.25) is 0 Å². The monoisotopic (exact) mass is 203 g/mol. The maximum Gasteiger partial charge on any atom is 0.305 e. The van der Waals surface area contributed by atoms with Crippen LogP contribution in [0.3, 0.4) is 0 Å². The zero-order valence-corrected chi connectivity index (χ0v) is 9.30. The van der Waals surface area contributed by atoms with Gasteiger partial charge in [0.05, 0.1) is 18.6 Å². The Labute approximate surface area is 85.6 Å². The lowest BCUT2D eigenvalue weighted by Crippen LogP contribution is -2.50. The van der Waals surface area contributed by atoms with Crippen molar-refractivity contribution in [3.05, 3.63) is 0 Å². The van der Waals surface area contributed by atoms with Gasteiger partial charge in [0, 0.05) is 7.11 Å². The third-order valence-corrected chi connectivity index (χ3v) is 2.34. The Morgan fingerprint density at radius 2 is 2.14 bits per heavy atom. The van der Waals surface area contributed by atoms with Gasteiger partial charge in [0.25, 0.3) is 0 Å². The molecule has 0 spiro atoms. The van der Waals surface area contributed by atoms with Crippen molar-refractivity contribution >= 4 is 5.97 Å². The summed E-state index contributed by atoms with van der Waals surface area (Å²) in [5.74, 6) is -0.785. The summed E-state index contributed by atoms with van der Waals surface area (Å²) in [5, 5.41) is 12.1. The molecule has 1 atom stereocenters. The molecule has 84 valence electrons. The van der Waals surface area contributed by atoms with Crippen molar-refractivity contribution < 1.29 is 14.6 Å². The van der Waals surface area contributed by atoms with Gasteiger partial charge in [-0.05, 0) is 19.4 Å². The zero-order chi connectivity index (χ0) is 11.0. The van der Waals surface area contributed by atoms with Crippen molar-refractivity contribution in [2.45, 2.75) is 38.6 Å². The fraction of sp³-hybridized carbons (Fsp3) is 0.900. The van der Waals surface area contributed by atoms with E-state index in [-0.39, 0.29) is 6.42 Å². The molecule has 4 heteroatoms. The van der Waals surface area contributed by atoms with Gasteiger partial charge in [0.2, 0.25) is 0 Å². The molecule has 0 aliphatic carbocycles. The summed E-state index contributed by atoms with van der Waals surface area (Å²) < 4.78 is 5.07. The average molecular weight is 203 g/mol. The van der Waals surface area contributed by atoms with Crippen molar-refractivity contribution in [3.63, 3.8) is 0 Å². The smallest absolute Gasteiger partial charge is 0.305 e. The molecule has 4 nitrogen and oxygen atoms in total. The Morgan fingerprint density at radius 3 is 2.50 bits per heavy atom. The lowest BCUT2D eigenvalue weighted by Gasteiger charge is -2.31. The second-order valence-electron chi connectivity index (χ2n) is 3.56. The molecule has 0 fully saturated rings. The van der Waals surface area contributed by atoms with Crippen LogP contribution in [0.15, 0.2) is 0 Å². The van der Waals surface area contributed by atoms with Crippen LogP contribution in [0.1, 0.15) is 33.1 Å². The molecule has 0 aromatic heterocycles. The quantitative estimate of drug-likeness (QED) is 0.623. The van der Waals surface area contributed by atoms with E-state index >= 15 is 0 Å². The molecule has 0 rings (SSSR count). The third kappa shape index (κ3) is 4.58. The van der Waals surface area contributed by atoms with Crippen LogP contribution in [0.4, 0.5) is 0 Å². The first-order chi connectivity index (χ1) is 6.60. The van der Waals surface area contributed by atoms with E-state index in [1.807, 2.05) is 6.92 Å². The molecule has 0 heterocycles. The van der Waals surface area contributed by atoms with Crippen LogP contribution in [0.5, 0.6) is 0 Å². The molecule has 0 aromatic rings. The van der Waals surface area contributed by atoms with E-state index in [1.165, 1.54) is 0 Å². The summed E-state index contributed by atoms with van der Waals surface area (Å²) in [6.07, 6.45) is 1.86. The number of hydrogen-bond donors (Lipinski definition) is 2. The third-order valence-electron chi connectivity index (χ3n) is 2.34. The zero-order valence-electron chi connectivity index (χ0n) is 9.30. The number of carboxylic acids is 1. The van der Waals surface area contributed by atoms with Gasteiger partial charge in [-0.2, -0.15) is 0 Å². The second kappa shape index (κ2) is 6.79. The maximum atomic E-state index is 10.7. The number of carboxylic acid groups (broad SMARTS) is 1. The van der Waals surface area contributed by atoms with Gasteiger partial charge in [-0.25, -0.2) is 0 Å². The topological polar surface area (TPSA) is 58.6 Å². The van der Waals surface area contributed by atoms with Gasteiger partial charge in [-0.3, -0.25) is 4.79 Å². The fourth-order valence-electron chi connectivity index (χ4n) is 1.47. The molecule has 0 aliphatic rings. The van der Waals surface area contributed by atoms with Gasteiger partial charge in [0.1, 0.15) is 0 Å². The van der Waals surface area contributed by atoms with Crippen LogP contribution < -0.4 is 5.32 Å². The van der Waals surface area contributed by atoms with Crippen molar-refractivity contribution in [2.24, 2.45) is 0 Å². The second-order valence-corrected chi connectivity index (χ2v) is 3.56. The summed E-state index contributed by atoms with van der Waals surface area (Å²) >= 11 is 0. The van der Waals surface area contributed by atoms with Crippen LogP contribution in [0.25, 0.3) is 0 Å². The van der Waals surface area contributed by atoms with Gasteiger partial charge < -0.3 is 15.2 Å². The summed E-state index contributed by atoms with van der Waals surface area (Å²) in [5.41, 5.74) is -0.406. The SMILES string of the molecule is CCCNC(CC)(COC)CC(=O)O. The number of rotatable bonds is 8. The molecule has 14 heavy (non-hydrogen) atoms. The first kappa shape index (κ1) is 13.4. The molecule has 1 unspecified atom stereocenters. The van der Waals surface area contributed by atoms with E-state index in [2.05, 4.69) is 12.2 Å². The van der Waals surface area contributed by atoms with E-state index in [9.17, 15) is 4.79 Å². The summed E-state index contributed by atoms with van der Waals surface area (Å²) in [6, 6.07) is 0. The van der Waals surface area contributed by atoms with E-state index < -0.39 is 11.5 Å². The van der Waals surface area contributed by atoms with E-state index in [1.54, 1.807) is 7.11 Å². The van der Waals surface area contributed by atoms with Crippen molar-refractivity contribution in [1.29, 1.82) is 0 Å². The molecular formula is C10H21NO3. The molecular weight excluding hydrogens is 182 g/mol. The molecule has 0 aromatic carbocycles. The Balaban J connectivity index is 4.33. The summed E-state index contributed by atoms with van der Waals surface area (Å²) in [6.45, 7) is 5.30. The number of methoxy groups -OCH3 is 1. The van der Waals surface area contributed by atoms with Gasteiger partial charge in [0.15, 0.2) is 0 Å². The number of carbonyl (C=O) groups is 1. The minimum absolute atomic E-state index is 0.108. The molecule has 0 saturated heterocycles. The Kier molecular flexibility index (Phi) is 6.49. The minimum Gasteiger partial charge on any atom is -0.481 e. The highest BCUT2D eigenvalue weighted by Crippen LogP contribution is 2.15. The molecule has 0 aliphatic heterocycles. The summed E-state index contributed by atoms with van der Waals surface area (Å²) in [7, 11) is 1.60. The van der Waals surface area contributed by atoms with Gasteiger partial charge >= 0.3 is 5.97 Å². The van der Waals surface area contributed by atoms with E-state index in [4.69, 9.17) is 9.84 Å². The molecule has 0 saturated carbocycles. The highest BCUT2D eigenvalue weighted by Gasteiger charge is 2.30. The first-order valence-electron chi connectivity index (χ1n) is 5.06. The fourth-order valence-corrected chi connectivity index (χ4v) is 1.47. The number of aliphatic carboxylic acids is 1. The van der Waals surface area contributed by atoms with Crippen molar-refractivity contribution in [2.75, 3.05) is 20.3 Å². The Hall–Kier alpha value is -0.610. The van der Waals surface area contributed by atoms with E-state index in [0.717, 1.165) is 19.4 Å². The predicted molar refractivity (Wildman–Crippen MR) is 55.4 cm³/mol. The van der Waals surface area contributed by atoms with Crippen LogP contribution in [-0.4, -0.2) is 36.9 Å². The minimum atomic E-state index is -0.785. The predicted octanol–water partition coefficient (Wildman–Crippen LogP) is 1.26. The standard InChI is InChI=1S/C10H21NO3/c1-4-6-11-10(5-2,8-14-3)7-9(12)13/h11H,4-8H2,1-3H3,(H,12,13). The van der Waals surface area contributed by atoms with Crippen LogP contribution in [0, 0.1) is 0 Å². The van der Waals surface area contributed by atoms with Gasteiger partial charge in [-0.15, -0.1) is 0 Å². The molecule has 2 N–H and O–H groups in total. The molecule has 0 amide bonds. The highest BCUT2D eigenvalue weighted by molar-refractivity contribution is 5.68. The number of ether oxygens (including phenoxy) is 1. The normalized spacial score (nSPS) is 15.1. The Bertz CT molecular complexity index is 173. The maximum absolute atomic E-state index is 10.7. The van der Waals surface area contributed by atoms with Crippen LogP contribution >= 0.6 is 0 Å².